The SMILES string of the molecule is O=C1c2ccccc2C(=O)N1[C@@H]1CCCC[C@H]1N1C(=O)c2ccccc2C1=O. The Morgan fingerprint density at radius 2 is 0.821 bits per heavy atom. The predicted molar refractivity (Wildman–Crippen MR) is 99.9 cm³/mol. The van der Waals surface area contributed by atoms with Gasteiger partial charge in [0.1, 0.15) is 0 Å². The second-order valence-electron chi connectivity index (χ2n) is 7.47. The van der Waals surface area contributed by atoms with Gasteiger partial charge in [0.2, 0.25) is 0 Å². The number of benzene rings is 2. The molecule has 4 amide bonds. The van der Waals surface area contributed by atoms with Crippen LogP contribution in [0.5, 0.6) is 0 Å². The molecular weight excluding hydrogens is 356 g/mol. The molecule has 28 heavy (non-hydrogen) atoms. The zero-order valence-electron chi connectivity index (χ0n) is 15.1. The summed E-state index contributed by atoms with van der Waals surface area (Å²) in [6, 6.07) is 12.5. The Morgan fingerprint density at radius 1 is 0.536 bits per heavy atom. The molecule has 2 aromatic rings. The molecule has 0 spiro atoms. The highest BCUT2D eigenvalue weighted by Gasteiger charge is 2.49. The summed E-state index contributed by atoms with van der Waals surface area (Å²) in [5, 5.41) is 0. The average molecular weight is 374 g/mol. The van der Waals surface area contributed by atoms with Crippen LogP contribution >= 0.6 is 0 Å². The minimum absolute atomic E-state index is 0.339. The molecule has 1 saturated carbocycles. The lowest BCUT2D eigenvalue weighted by molar-refractivity contribution is 0.0291. The van der Waals surface area contributed by atoms with Crippen molar-refractivity contribution in [3.05, 3.63) is 70.8 Å². The maximum absolute atomic E-state index is 13.0. The van der Waals surface area contributed by atoms with Gasteiger partial charge in [0.25, 0.3) is 23.6 Å². The largest absolute Gasteiger partial charge is 0.269 e. The monoisotopic (exact) mass is 374 g/mol. The zero-order valence-corrected chi connectivity index (χ0v) is 15.1. The van der Waals surface area contributed by atoms with Gasteiger partial charge in [0.15, 0.2) is 0 Å². The second kappa shape index (κ2) is 6.12. The van der Waals surface area contributed by atoms with Crippen molar-refractivity contribution < 1.29 is 19.2 Å². The summed E-state index contributed by atoms with van der Waals surface area (Å²) in [7, 11) is 0. The Labute approximate surface area is 161 Å². The fourth-order valence-corrected chi connectivity index (χ4v) is 4.71. The predicted octanol–water partition coefficient (Wildman–Crippen LogP) is 2.89. The highest BCUT2D eigenvalue weighted by molar-refractivity contribution is 6.23. The minimum Gasteiger partial charge on any atom is -0.269 e. The van der Waals surface area contributed by atoms with Gasteiger partial charge in [-0.15, -0.1) is 0 Å². The van der Waals surface area contributed by atoms with E-state index in [1.807, 2.05) is 0 Å². The molecule has 0 bridgehead atoms. The number of hydrogen-bond acceptors (Lipinski definition) is 4. The molecule has 2 heterocycles. The number of imide groups is 2. The molecule has 6 heteroatoms. The maximum Gasteiger partial charge on any atom is 0.261 e. The summed E-state index contributed by atoms with van der Waals surface area (Å²) >= 11 is 0. The van der Waals surface area contributed by atoms with Crippen molar-refractivity contribution in [1.29, 1.82) is 0 Å². The van der Waals surface area contributed by atoms with Crippen LogP contribution in [0.2, 0.25) is 0 Å². The zero-order chi connectivity index (χ0) is 19.4. The molecule has 140 valence electrons. The number of amides is 4. The normalized spacial score (nSPS) is 24.0. The minimum atomic E-state index is -0.497. The van der Waals surface area contributed by atoms with E-state index in [1.165, 1.54) is 9.80 Å². The maximum atomic E-state index is 13.0. The highest BCUT2D eigenvalue weighted by atomic mass is 16.2. The third-order valence-corrected chi connectivity index (χ3v) is 6.01. The Balaban J connectivity index is 1.53. The Morgan fingerprint density at radius 3 is 1.11 bits per heavy atom. The molecule has 3 aliphatic rings. The topological polar surface area (TPSA) is 74.8 Å². The summed E-state index contributed by atoms with van der Waals surface area (Å²) < 4.78 is 0. The van der Waals surface area contributed by atoms with Crippen molar-refractivity contribution >= 4 is 23.6 Å². The van der Waals surface area contributed by atoms with Gasteiger partial charge >= 0.3 is 0 Å². The highest BCUT2D eigenvalue weighted by Crippen LogP contribution is 2.36. The van der Waals surface area contributed by atoms with Crippen molar-refractivity contribution in [3.8, 4) is 0 Å². The Bertz CT molecular complexity index is 891. The van der Waals surface area contributed by atoms with E-state index >= 15 is 0 Å². The van der Waals surface area contributed by atoms with E-state index in [-0.39, 0.29) is 23.6 Å². The number of hydrogen-bond donors (Lipinski definition) is 0. The number of carbonyl (C=O) groups is 4. The quantitative estimate of drug-likeness (QED) is 0.758. The van der Waals surface area contributed by atoms with E-state index < -0.39 is 12.1 Å². The molecule has 1 aliphatic carbocycles. The van der Waals surface area contributed by atoms with Crippen molar-refractivity contribution in [1.82, 2.24) is 9.80 Å². The van der Waals surface area contributed by atoms with E-state index in [4.69, 9.17) is 0 Å². The van der Waals surface area contributed by atoms with Gasteiger partial charge in [-0.1, -0.05) is 37.1 Å². The third kappa shape index (κ3) is 2.21. The molecule has 0 unspecified atom stereocenters. The van der Waals surface area contributed by atoms with Crippen LogP contribution in [0, 0.1) is 0 Å². The molecule has 2 aromatic carbocycles. The summed E-state index contributed by atoms with van der Waals surface area (Å²) in [5.41, 5.74) is 1.55. The van der Waals surface area contributed by atoms with Crippen LogP contribution < -0.4 is 0 Å². The average Bonchev–Trinajstić information content (AvgIpc) is 3.13. The van der Waals surface area contributed by atoms with Crippen molar-refractivity contribution in [2.24, 2.45) is 0 Å². The van der Waals surface area contributed by atoms with E-state index in [2.05, 4.69) is 0 Å². The number of rotatable bonds is 2. The van der Waals surface area contributed by atoms with Crippen molar-refractivity contribution in [2.45, 2.75) is 37.8 Å². The summed E-state index contributed by atoms with van der Waals surface area (Å²) in [6.07, 6.45) is 2.86. The lowest BCUT2D eigenvalue weighted by atomic mass is 9.88. The van der Waals surface area contributed by atoms with Gasteiger partial charge in [-0.2, -0.15) is 0 Å². The van der Waals surface area contributed by atoms with Crippen molar-refractivity contribution in [2.75, 3.05) is 0 Å². The standard InChI is InChI=1S/C22H18N2O4/c25-19-13-7-1-2-8-14(13)20(26)23(19)17-11-5-6-12-18(17)24-21(27)15-9-3-4-10-16(15)22(24)28/h1-4,7-10,17-18H,5-6,11-12H2/t17-,18-/m1/s1. The van der Waals surface area contributed by atoms with E-state index in [0.29, 0.717) is 35.1 Å². The fraction of sp³-hybridized carbons (Fsp3) is 0.273. The van der Waals surface area contributed by atoms with E-state index in [1.54, 1.807) is 48.5 Å². The van der Waals surface area contributed by atoms with Crippen LogP contribution in [0.4, 0.5) is 0 Å². The van der Waals surface area contributed by atoms with E-state index in [9.17, 15) is 19.2 Å². The third-order valence-electron chi connectivity index (χ3n) is 6.01. The van der Waals surface area contributed by atoms with E-state index in [0.717, 1.165) is 12.8 Å². The van der Waals surface area contributed by atoms with Crippen molar-refractivity contribution in [3.63, 3.8) is 0 Å². The first-order chi connectivity index (χ1) is 13.6. The number of fused-ring (bicyclic) bond motifs is 2. The second-order valence-corrected chi connectivity index (χ2v) is 7.47. The molecule has 1 fully saturated rings. The smallest absolute Gasteiger partial charge is 0.261 e. The summed E-state index contributed by atoms with van der Waals surface area (Å²) in [6.45, 7) is 0. The van der Waals surface area contributed by atoms with Crippen LogP contribution in [0.15, 0.2) is 48.5 Å². The molecule has 6 nitrogen and oxygen atoms in total. The van der Waals surface area contributed by atoms with Gasteiger partial charge in [-0.25, -0.2) is 0 Å². The summed E-state index contributed by atoms with van der Waals surface area (Å²) in [5.74, 6) is -1.36. The first-order valence-corrected chi connectivity index (χ1v) is 9.53. The number of carbonyl (C=O) groups excluding carboxylic acids is 4. The van der Waals surface area contributed by atoms with Crippen LogP contribution in [-0.4, -0.2) is 45.5 Å². The van der Waals surface area contributed by atoms with Gasteiger partial charge in [-0.05, 0) is 37.1 Å². The first-order valence-electron chi connectivity index (χ1n) is 9.53. The molecule has 0 aromatic heterocycles. The van der Waals surface area contributed by atoms with Gasteiger partial charge in [0, 0.05) is 0 Å². The molecular formula is C22H18N2O4. The van der Waals surface area contributed by atoms with Gasteiger partial charge in [-0.3, -0.25) is 29.0 Å². The fourth-order valence-electron chi connectivity index (χ4n) is 4.71. The summed E-state index contributed by atoms with van der Waals surface area (Å²) in [4.78, 5) is 54.4. The molecule has 0 N–H and O–H groups in total. The van der Waals surface area contributed by atoms with Gasteiger partial charge in [0.05, 0.1) is 34.3 Å². The van der Waals surface area contributed by atoms with Crippen LogP contribution in [0.3, 0.4) is 0 Å². The molecule has 2 aliphatic heterocycles. The Kier molecular flexibility index (Phi) is 3.69. The Hall–Kier alpha value is -3.28. The lowest BCUT2D eigenvalue weighted by Gasteiger charge is -2.40. The van der Waals surface area contributed by atoms with Crippen LogP contribution in [0.25, 0.3) is 0 Å². The molecule has 5 rings (SSSR count). The van der Waals surface area contributed by atoms with Gasteiger partial charge < -0.3 is 0 Å². The number of nitrogens with zero attached hydrogens (tertiary/aromatic N) is 2. The molecule has 0 radical (unpaired) electrons. The molecule has 2 atom stereocenters. The van der Waals surface area contributed by atoms with Crippen LogP contribution in [0.1, 0.15) is 67.1 Å². The first kappa shape index (κ1) is 16.9. The van der Waals surface area contributed by atoms with Crippen LogP contribution in [-0.2, 0) is 0 Å². The lowest BCUT2D eigenvalue weighted by Crippen LogP contribution is -2.56. The molecule has 0 saturated heterocycles.